The van der Waals surface area contributed by atoms with Crippen LogP contribution in [0.15, 0.2) is 36.4 Å². The Balaban J connectivity index is 1.25. The molecule has 6 aliphatic rings. The van der Waals surface area contributed by atoms with Gasteiger partial charge in [0, 0.05) is 12.5 Å². The molecule has 6 aliphatic heterocycles. The zero-order chi connectivity index (χ0) is 64.8. The maximum Gasteiger partial charge on any atom is 0.331 e. The summed E-state index contributed by atoms with van der Waals surface area (Å²) < 4.78 is 88.9. The van der Waals surface area contributed by atoms with E-state index < -0.39 is 189 Å². The SMILES string of the molecule is CCCCCC1CCCCCCCCCC(=O)OC2C(OC(C)C(OC3OC(C)C(OC4OC(C)C(OC(=O)C(C)C)C(O)C4OC(=O)C=Cc4ccccc4)C(OC4OC(C)C(O)C(O)C4O)C3OC(=O)C(C)CC)C2O)OC2C(O1)OC(C)C(O)C2O. The van der Waals surface area contributed by atoms with Crippen molar-refractivity contribution in [3.63, 3.8) is 0 Å². The number of carbonyl (C=O) groups excluding carboxylic acids is 4. The quantitative estimate of drug-likeness (QED) is 0.0465. The summed E-state index contributed by atoms with van der Waals surface area (Å²) in [7, 11) is 0. The van der Waals surface area contributed by atoms with Crippen LogP contribution >= 0.6 is 0 Å². The minimum atomic E-state index is -1.95. The molecule has 89 heavy (non-hydrogen) atoms. The van der Waals surface area contributed by atoms with Crippen molar-refractivity contribution in [1.29, 1.82) is 0 Å². The predicted octanol–water partition coefficient (Wildman–Crippen LogP) is 4.33. The first kappa shape index (κ1) is 72.6. The number of aliphatic hydroxyl groups excluding tert-OH is 7. The highest BCUT2D eigenvalue weighted by Crippen LogP contribution is 2.40. The number of unbranched alkanes of at least 4 members (excludes halogenated alkanes) is 2. The average Bonchev–Trinajstić information content (AvgIpc) is 3.19. The standard InChI is InChI=1S/C64H100O25/c1-11-13-20-27-40-28-23-17-15-14-16-18-24-29-41(65)82-55-49(73)51(37(9)79-63(55)88-53-46(70)44(68)35(7)77-61(53)81-40)86-64-57(85-59(75)33(5)12-2)56(89-60-47(71)45(69)43(67)34(6)76-60)52(38(10)80-64)87-62-54(83-42(66)31-30-39-25-21-19-22-26-39)48(72)50(36(8)78-62)84-58(74)32(3)4/h19,21-22,25-26,30-38,40,43-57,60-64,67-73H,11-18,20,23-24,27-29H2,1-10H3. The molecule has 25 heteroatoms. The van der Waals surface area contributed by atoms with E-state index in [0.717, 1.165) is 63.9 Å². The molecule has 27 atom stereocenters. The number of ether oxygens (including phenoxy) is 14. The zero-order valence-electron chi connectivity index (χ0n) is 53.1. The number of hydrogen-bond donors (Lipinski definition) is 7. The third-order valence-corrected chi connectivity index (χ3v) is 17.6. The Labute approximate surface area is 522 Å². The predicted molar refractivity (Wildman–Crippen MR) is 313 cm³/mol. The van der Waals surface area contributed by atoms with Gasteiger partial charge in [0.1, 0.15) is 67.1 Å². The molecule has 0 aliphatic carbocycles. The second-order valence-corrected chi connectivity index (χ2v) is 25.0. The van der Waals surface area contributed by atoms with E-state index in [1.165, 1.54) is 33.8 Å². The van der Waals surface area contributed by atoms with Crippen molar-refractivity contribution in [3.8, 4) is 0 Å². The maximum atomic E-state index is 14.3. The molecule has 1 aromatic carbocycles. The number of fused-ring (bicyclic) bond motifs is 2. The van der Waals surface area contributed by atoms with Crippen molar-refractivity contribution in [2.75, 3.05) is 0 Å². The van der Waals surface area contributed by atoms with Crippen molar-refractivity contribution < 1.29 is 121 Å². The molecule has 6 fully saturated rings. The Kier molecular flexibility index (Phi) is 28.0. The summed E-state index contributed by atoms with van der Waals surface area (Å²) in [6.45, 7) is 16.2. The third kappa shape index (κ3) is 19.2. The van der Waals surface area contributed by atoms with Gasteiger partial charge in [0.05, 0.1) is 48.5 Å². The first-order chi connectivity index (χ1) is 42.4. The van der Waals surface area contributed by atoms with E-state index in [4.69, 9.17) is 66.3 Å². The molecule has 27 unspecified atom stereocenters. The molecule has 0 radical (unpaired) electrons. The Morgan fingerprint density at radius 3 is 1.76 bits per heavy atom. The van der Waals surface area contributed by atoms with Crippen molar-refractivity contribution >= 4 is 30.0 Å². The Morgan fingerprint density at radius 1 is 0.528 bits per heavy atom. The van der Waals surface area contributed by atoms with Crippen LogP contribution in [0.1, 0.15) is 165 Å². The van der Waals surface area contributed by atoms with Crippen molar-refractivity contribution in [3.05, 3.63) is 42.0 Å². The number of rotatable bonds is 18. The van der Waals surface area contributed by atoms with Crippen LogP contribution in [0.3, 0.4) is 0 Å². The molecule has 0 amide bonds. The van der Waals surface area contributed by atoms with Gasteiger partial charge in [0.15, 0.2) is 55.9 Å². The van der Waals surface area contributed by atoms with Crippen LogP contribution in [-0.4, -0.2) is 219 Å². The molecule has 7 rings (SSSR count). The fourth-order valence-electron chi connectivity index (χ4n) is 11.8. The van der Waals surface area contributed by atoms with E-state index in [0.29, 0.717) is 24.8 Å². The topological polar surface area (TPSA) is 339 Å². The molecular formula is C64H100O25. The number of esters is 4. The highest BCUT2D eigenvalue weighted by molar-refractivity contribution is 5.87. The van der Waals surface area contributed by atoms with Gasteiger partial charge in [-0.3, -0.25) is 14.4 Å². The summed E-state index contributed by atoms with van der Waals surface area (Å²) in [5.74, 6) is -4.61. The lowest BCUT2D eigenvalue weighted by Gasteiger charge is -2.51. The van der Waals surface area contributed by atoms with E-state index in [-0.39, 0.29) is 18.9 Å². The molecule has 0 spiro atoms. The van der Waals surface area contributed by atoms with Gasteiger partial charge < -0.3 is 102 Å². The first-order valence-electron chi connectivity index (χ1n) is 32.3. The summed E-state index contributed by atoms with van der Waals surface area (Å²) in [6, 6.07) is 8.80. The van der Waals surface area contributed by atoms with Crippen molar-refractivity contribution in [1.82, 2.24) is 0 Å². The van der Waals surface area contributed by atoms with E-state index in [9.17, 15) is 54.9 Å². The molecular weight excluding hydrogens is 1170 g/mol. The van der Waals surface area contributed by atoms with Gasteiger partial charge in [-0.25, -0.2) is 4.79 Å². The van der Waals surface area contributed by atoms with Gasteiger partial charge in [-0.15, -0.1) is 0 Å². The Hall–Kier alpha value is -3.84. The normalized spacial score (nSPS) is 41.0. The van der Waals surface area contributed by atoms with Crippen LogP contribution in [0.5, 0.6) is 0 Å². The number of benzene rings is 1. The van der Waals surface area contributed by atoms with Crippen molar-refractivity contribution in [2.45, 2.75) is 319 Å². The number of aliphatic hydroxyl groups is 7. The minimum Gasteiger partial charge on any atom is -0.456 e. The van der Waals surface area contributed by atoms with Crippen LogP contribution in [0.4, 0.5) is 0 Å². The minimum absolute atomic E-state index is 0.0426. The van der Waals surface area contributed by atoms with Gasteiger partial charge in [0.2, 0.25) is 0 Å². The highest BCUT2D eigenvalue weighted by Gasteiger charge is 2.59. The molecule has 6 saturated heterocycles. The lowest BCUT2D eigenvalue weighted by Crippen LogP contribution is -2.68. The lowest BCUT2D eigenvalue weighted by atomic mass is 9.95. The molecule has 0 aromatic heterocycles. The van der Waals surface area contributed by atoms with E-state index >= 15 is 0 Å². The largest absolute Gasteiger partial charge is 0.456 e. The summed E-state index contributed by atoms with van der Waals surface area (Å²) in [4.78, 5) is 55.0. The number of carbonyl (C=O) groups is 4. The molecule has 7 N–H and O–H groups in total. The average molecular weight is 1270 g/mol. The van der Waals surface area contributed by atoms with Gasteiger partial charge >= 0.3 is 23.9 Å². The monoisotopic (exact) mass is 1270 g/mol. The fraction of sp³-hybridized carbons (Fsp3) is 0.812. The maximum absolute atomic E-state index is 14.3. The second-order valence-electron chi connectivity index (χ2n) is 25.0. The molecule has 0 saturated carbocycles. The second kappa shape index (κ2) is 34.4. The summed E-state index contributed by atoms with van der Waals surface area (Å²) in [5, 5.41) is 81.2. The molecule has 6 heterocycles. The molecule has 0 bridgehead atoms. The smallest absolute Gasteiger partial charge is 0.331 e. The Morgan fingerprint density at radius 2 is 1.09 bits per heavy atom. The van der Waals surface area contributed by atoms with E-state index in [2.05, 4.69) is 6.92 Å². The van der Waals surface area contributed by atoms with Gasteiger partial charge in [-0.05, 0) is 71.9 Å². The highest BCUT2D eigenvalue weighted by atomic mass is 16.8. The molecule has 506 valence electrons. The summed E-state index contributed by atoms with van der Waals surface area (Å²) in [6.07, 6.45) is -26.4. The Bertz CT molecular complexity index is 2360. The summed E-state index contributed by atoms with van der Waals surface area (Å²) in [5.41, 5.74) is 0.639. The lowest BCUT2D eigenvalue weighted by molar-refractivity contribution is -0.399. The number of hydrogen-bond acceptors (Lipinski definition) is 25. The van der Waals surface area contributed by atoms with E-state index in [1.54, 1.807) is 65.0 Å². The molecule has 1 aromatic rings. The van der Waals surface area contributed by atoms with Gasteiger partial charge in [-0.2, -0.15) is 0 Å². The van der Waals surface area contributed by atoms with Crippen LogP contribution < -0.4 is 0 Å². The van der Waals surface area contributed by atoms with Crippen LogP contribution in [0.2, 0.25) is 0 Å². The first-order valence-corrected chi connectivity index (χ1v) is 32.3. The summed E-state index contributed by atoms with van der Waals surface area (Å²) >= 11 is 0. The van der Waals surface area contributed by atoms with Crippen LogP contribution in [0, 0.1) is 11.8 Å². The van der Waals surface area contributed by atoms with Crippen LogP contribution in [0.25, 0.3) is 6.08 Å². The van der Waals surface area contributed by atoms with E-state index in [1.807, 2.05) is 0 Å². The van der Waals surface area contributed by atoms with Crippen molar-refractivity contribution in [2.24, 2.45) is 11.8 Å². The van der Waals surface area contributed by atoms with Gasteiger partial charge in [0.25, 0.3) is 0 Å². The van der Waals surface area contributed by atoms with Gasteiger partial charge in [-0.1, -0.05) is 123 Å². The third-order valence-electron chi connectivity index (χ3n) is 17.6. The van der Waals surface area contributed by atoms with Crippen LogP contribution in [-0.2, 0) is 85.5 Å². The fourth-order valence-corrected chi connectivity index (χ4v) is 11.8. The molecule has 25 nitrogen and oxygen atoms in total. The zero-order valence-corrected chi connectivity index (χ0v) is 53.1.